The van der Waals surface area contributed by atoms with Gasteiger partial charge in [-0.15, -0.1) is 0 Å². The van der Waals surface area contributed by atoms with E-state index in [0.29, 0.717) is 0 Å². The van der Waals surface area contributed by atoms with E-state index in [-0.39, 0.29) is 10.8 Å². The largest absolute Gasteiger partial charge is 0.0613 e. The van der Waals surface area contributed by atoms with Gasteiger partial charge in [0.15, 0.2) is 0 Å². The fraction of sp³-hybridized carbons (Fsp3) is 0.667. The third-order valence-corrected chi connectivity index (χ3v) is 3.75. The molecule has 0 atom stereocenters. The molecule has 0 bridgehead atoms. The fourth-order valence-corrected chi connectivity index (χ4v) is 2.91. The van der Waals surface area contributed by atoms with Crippen LogP contribution in [0.3, 0.4) is 0 Å². The smallest absolute Gasteiger partial charge is 0.0129 e. The van der Waals surface area contributed by atoms with Crippen molar-refractivity contribution in [1.82, 2.24) is 0 Å². The second kappa shape index (κ2) is 5.07. The van der Waals surface area contributed by atoms with Gasteiger partial charge in [0.25, 0.3) is 0 Å². The van der Waals surface area contributed by atoms with Crippen molar-refractivity contribution in [2.24, 2.45) is 0 Å². The highest BCUT2D eigenvalue weighted by Crippen LogP contribution is 2.35. The second-order valence-corrected chi connectivity index (χ2v) is 7.32. The minimum Gasteiger partial charge on any atom is -0.0613 e. The molecule has 0 fully saturated rings. The van der Waals surface area contributed by atoms with Crippen molar-refractivity contribution in [2.45, 2.75) is 79.1 Å². The van der Waals surface area contributed by atoms with Gasteiger partial charge >= 0.3 is 0 Å². The molecule has 102 valence electrons. The predicted octanol–water partition coefficient (Wildman–Crippen LogP) is 5.41. The molecule has 1 rings (SSSR count). The van der Waals surface area contributed by atoms with E-state index in [1.165, 1.54) is 11.1 Å². The van der Waals surface area contributed by atoms with Gasteiger partial charge < -0.3 is 0 Å². The molecule has 0 radical (unpaired) electrons. The second-order valence-electron chi connectivity index (χ2n) is 7.32. The number of hydrogen-bond acceptors (Lipinski definition) is 0. The third-order valence-electron chi connectivity index (χ3n) is 3.75. The molecule has 0 heterocycles. The van der Waals surface area contributed by atoms with E-state index in [2.05, 4.69) is 67.5 Å². The minimum absolute atomic E-state index is 0.242. The van der Waals surface area contributed by atoms with E-state index in [1.807, 2.05) is 0 Å². The summed E-state index contributed by atoms with van der Waals surface area (Å²) in [6.07, 6.45) is 2.28. The molecule has 0 saturated carbocycles. The first-order chi connectivity index (χ1) is 8.12. The van der Waals surface area contributed by atoms with E-state index in [1.54, 1.807) is 11.1 Å². The summed E-state index contributed by atoms with van der Waals surface area (Å²) in [5, 5.41) is 0. The molecule has 0 heteroatoms. The van der Waals surface area contributed by atoms with Crippen molar-refractivity contribution in [3.8, 4) is 0 Å². The summed E-state index contributed by atoms with van der Waals surface area (Å²) >= 11 is 0. The first-order valence-electron chi connectivity index (χ1n) is 7.28. The van der Waals surface area contributed by atoms with Crippen LogP contribution in [0.25, 0.3) is 0 Å². The molecular weight excluding hydrogens is 216 g/mol. The van der Waals surface area contributed by atoms with Crippen LogP contribution < -0.4 is 0 Å². The topological polar surface area (TPSA) is 0 Å². The van der Waals surface area contributed by atoms with E-state index >= 15 is 0 Å². The van der Waals surface area contributed by atoms with E-state index in [0.717, 1.165) is 12.8 Å². The number of benzene rings is 1. The maximum Gasteiger partial charge on any atom is -0.0129 e. The van der Waals surface area contributed by atoms with Crippen molar-refractivity contribution < 1.29 is 0 Å². The van der Waals surface area contributed by atoms with Crippen LogP contribution in [-0.2, 0) is 23.7 Å². The SMILES string of the molecule is CCc1c(C(C)(C)C)ccc(C(C)(C)C)c1CC. The van der Waals surface area contributed by atoms with Crippen LogP contribution >= 0.6 is 0 Å². The third kappa shape index (κ3) is 2.96. The van der Waals surface area contributed by atoms with Crippen LogP contribution in [0.4, 0.5) is 0 Å². The summed E-state index contributed by atoms with van der Waals surface area (Å²) in [5.74, 6) is 0. The van der Waals surface area contributed by atoms with Crippen molar-refractivity contribution in [3.05, 3.63) is 34.4 Å². The average Bonchev–Trinajstić information content (AvgIpc) is 2.24. The molecule has 0 aliphatic carbocycles. The summed E-state index contributed by atoms with van der Waals surface area (Å²) < 4.78 is 0. The lowest BCUT2D eigenvalue weighted by Crippen LogP contribution is -2.20. The van der Waals surface area contributed by atoms with Crippen LogP contribution in [-0.4, -0.2) is 0 Å². The Kier molecular flexibility index (Phi) is 4.30. The van der Waals surface area contributed by atoms with E-state index in [9.17, 15) is 0 Å². The lowest BCUT2D eigenvalue weighted by molar-refractivity contribution is 0.564. The Morgan fingerprint density at radius 1 is 0.667 bits per heavy atom. The summed E-state index contributed by atoms with van der Waals surface area (Å²) in [5.41, 5.74) is 6.69. The first-order valence-corrected chi connectivity index (χ1v) is 7.28. The quantitative estimate of drug-likeness (QED) is 0.655. The van der Waals surface area contributed by atoms with Crippen LogP contribution in [0, 0.1) is 0 Å². The summed E-state index contributed by atoms with van der Waals surface area (Å²) in [4.78, 5) is 0. The number of rotatable bonds is 2. The molecule has 0 aliphatic heterocycles. The molecule has 18 heavy (non-hydrogen) atoms. The van der Waals surface area contributed by atoms with Gasteiger partial charge in [-0.25, -0.2) is 0 Å². The molecular formula is C18H30. The molecule has 0 spiro atoms. The summed E-state index contributed by atoms with van der Waals surface area (Å²) in [7, 11) is 0. The molecule has 0 saturated heterocycles. The Morgan fingerprint density at radius 2 is 0.944 bits per heavy atom. The fourth-order valence-electron chi connectivity index (χ4n) is 2.91. The van der Waals surface area contributed by atoms with Crippen LogP contribution in [0.1, 0.15) is 77.6 Å². The summed E-state index contributed by atoms with van der Waals surface area (Å²) in [6.45, 7) is 18.5. The molecule has 1 aromatic carbocycles. The van der Waals surface area contributed by atoms with Gasteiger partial charge in [-0.2, -0.15) is 0 Å². The highest BCUT2D eigenvalue weighted by Gasteiger charge is 2.24. The van der Waals surface area contributed by atoms with Gasteiger partial charge in [0, 0.05) is 0 Å². The molecule has 1 aromatic rings. The van der Waals surface area contributed by atoms with E-state index in [4.69, 9.17) is 0 Å². The van der Waals surface area contributed by atoms with Gasteiger partial charge in [0.05, 0.1) is 0 Å². The highest BCUT2D eigenvalue weighted by atomic mass is 14.3. The lowest BCUT2D eigenvalue weighted by atomic mass is 9.75. The van der Waals surface area contributed by atoms with Crippen molar-refractivity contribution >= 4 is 0 Å². The zero-order chi connectivity index (χ0) is 14.1. The molecule has 0 unspecified atom stereocenters. The average molecular weight is 246 g/mol. The minimum atomic E-state index is 0.242. The molecule has 0 aromatic heterocycles. The van der Waals surface area contributed by atoms with E-state index < -0.39 is 0 Å². The van der Waals surface area contributed by atoms with Gasteiger partial charge in [0.2, 0.25) is 0 Å². The molecule has 0 amide bonds. The standard InChI is InChI=1S/C18H30/c1-9-13-14(10-2)16(18(6,7)8)12-11-15(13)17(3,4)5/h11-12H,9-10H2,1-8H3. The molecule has 0 N–H and O–H groups in total. The van der Waals surface area contributed by atoms with Gasteiger partial charge in [-0.3, -0.25) is 0 Å². The van der Waals surface area contributed by atoms with Crippen LogP contribution in [0.5, 0.6) is 0 Å². The maximum atomic E-state index is 2.36. The summed E-state index contributed by atoms with van der Waals surface area (Å²) in [6, 6.07) is 4.72. The highest BCUT2D eigenvalue weighted by molar-refractivity contribution is 5.46. The van der Waals surface area contributed by atoms with Crippen molar-refractivity contribution in [1.29, 1.82) is 0 Å². The van der Waals surface area contributed by atoms with Gasteiger partial charge in [-0.1, -0.05) is 67.5 Å². The van der Waals surface area contributed by atoms with Crippen LogP contribution in [0.15, 0.2) is 12.1 Å². The normalized spacial score (nSPS) is 12.9. The van der Waals surface area contributed by atoms with Crippen LogP contribution in [0.2, 0.25) is 0 Å². The maximum absolute atomic E-state index is 2.36. The van der Waals surface area contributed by atoms with Gasteiger partial charge in [0.1, 0.15) is 0 Å². The molecule has 0 aliphatic rings. The monoisotopic (exact) mass is 246 g/mol. The Hall–Kier alpha value is -0.780. The number of hydrogen-bond donors (Lipinski definition) is 0. The Labute approximate surface area is 114 Å². The Bertz CT molecular complexity index is 370. The van der Waals surface area contributed by atoms with Crippen molar-refractivity contribution in [3.63, 3.8) is 0 Å². The Morgan fingerprint density at radius 3 is 1.11 bits per heavy atom. The zero-order valence-corrected chi connectivity index (χ0v) is 13.6. The van der Waals surface area contributed by atoms with Crippen molar-refractivity contribution in [2.75, 3.05) is 0 Å². The molecule has 0 nitrogen and oxygen atoms in total. The lowest BCUT2D eigenvalue weighted by Gasteiger charge is -2.30. The zero-order valence-electron chi connectivity index (χ0n) is 13.6. The van der Waals surface area contributed by atoms with Gasteiger partial charge in [-0.05, 0) is 45.9 Å². The first kappa shape index (κ1) is 15.3. The Balaban J connectivity index is 3.57. The predicted molar refractivity (Wildman–Crippen MR) is 82.6 cm³/mol.